The first-order chi connectivity index (χ1) is 22.1. The van der Waals surface area contributed by atoms with Crippen molar-refractivity contribution >= 4 is 5.71 Å². The lowest BCUT2D eigenvalue weighted by atomic mass is 9.92. The number of fused-ring (bicyclic) bond motifs is 1. The van der Waals surface area contributed by atoms with Gasteiger partial charge >= 0.3 is 0 Å². The second-order valence-electron chi connectivity index (χ2n) is 10.5. The summed E-state index contributed by atoms with van der Waals surface area (Å²) in [7, 11) is 4.79. The van der Waals surface area contributed by atoms with Crippen molar-refractivity contribution in [3.8, 4) is 28.7 Å². The van der Waals surface area contributed by atoms with E-state index in [1.807, 2.05) is 91.0 Å². The smallest absolute Gasteiger partial charge is 0.156 e. The van der Waals surface area contributed by atoms with E-state index in [2.05, 4.69) is 5.16 Å². The second kappa shape index (κ2) is 13.8. The molecule has 6 rings (SSSR count). The summed E-state index contributed by atoms with van der Waals surface area (Å²) in [5.74, 6) is 3.17. The Morgan fingerprint density at radius 1 is 0.711 bits per heavy atom. The number of benzene rings is 4. The summed E-state index contributed by atoms with van der Waals surface area (Å²) in [6.45, 7) is 0.0503. The van der Waals surface area contributed by atoms with Crippen molar-refractivity contribution in [1.29, 1.82) is 0 Å². The fraction of sp³-hybridized carbons (Fsp3) is 0.250. The molecule has 5 atom stereocenters. The van der Waals surface area contributed by atoms with Crippen molar-refractivity contribution in [3.63, 3.8) is 0 Å². The Hall–Kier alpha value is -4.99. The summed E-state index contributed by atoms with van der Waals surface area (Å²) in [6.07, 6.45) is 0.791. The van der Waals surface area contributed by atoms with Gasteiger partial charge in [-0.15, -0.1) is 0 Å². The van der Waals surface area contributed by atoms with Crippen molar-refractivity contribution in [3.05, 3.63) is 126 Å². The molecular weight excluding hydrogens is 574 g/mol. The number of hydrogen-bond donors (Lipinski definition) is 1. The number of aliphatic hydroxyl groups is 1. The van der Waals surface area contributed by atoms with Gasteiger partial charge in [-0.05, 0) is 71.8 Å². The van der Waals surface area contributed by atoms with Crippen molar-refractivity contribution in [2.45, 2.75) is 30.5 Å². The van der Waals surface area contributed by atoms with Crippen LogP contribution >= 0.6 is 0 Å². The van der Waals surface area contributed by atoms with Gasteiger partial charge in [-0.2, -0.15) is 0 Å². The van der Waals surface area contributed by atoms with Crippen LogP contribution in [0.4, 0.5) is 0 Å². The molecule has 0 saturated carbocycles. The van der Waals surface area contributed by atoms with Crippen molar-refractivity contribution in [2.75, 3.05) is 27.9 Å². The minimum absolute atomic E-state index is 0.0503. The van der Waals surface area contributed by atoms with E-state index < -0.39 is 24.4 Å². The minimum Gasteiger partial charge on any atom is -0.497 e. The van der Waals surface area contributed by atoms with Gasteiger partial charge in [0.1, 0.15) is 65.5 Å². The molecule has 45 heavy (non-hydrogen) atoms. The van der Waals surface area contributed by atoms with Gasteiger partial charge in [0.2, 0.25) is 0 Å². The molecular formula is C36H35NO8. The van der Waals surface area contributed by atoms with Crippen LogP contribution in [0.5, 0.6) is 28.7 Å². The van der Waals surface area contributed by atoms with Gasteiger partial charge in [0.15, 0.2) is 6.10 Å². The molecule has 9 heteroatoms. The molecule has 232 valence electrons. The maximum Gasteiger partial charge on any atom is 0.156 e. The maximum atomic E-state index is 11.6. The standard InChI is InChI=1S/C36H35NO8/c1-39-25-12-14-26(15-13-25)43-32-19-18-30(23-8-5-4-6-9-23)44-33(32)22-42-37-34-29-21-28(41-3)16-17-31(29)45-36(35(34)38)24-10-7-11-27(20-24)40-2/h4-21,30,32-33,35-36,38H,22H2,1-3H3/t30-,32-,33+,35-,36+/m0/s1. The lowest BCUT2D eigenvalue weighted by Gasteiger charge is -2.33. The lowest BCUT2D eigenvalue weighted by molar-refractivity contribution is -0.0882. The predicted octanol–water partition coefficient (Wildman–Crippen LogP) is 6.07. The van der Waals surface area contributed by atoms with Crippen molar-refractivity contribution in [2.24, 2.45) is 5.16 Å². The Morgan fingerprint density at radius 3 is 2.16 bits per heavy atom. The lowest BCUT2D eigenvalue weighted by Crippen LogP contribution is -2.40. The molecule has 1 N–H and O–H groups in total. The van der Waals surface area contributed by atoms with Crippen LogP contribution in [0.3, 0.4) is 0 Å². The number of aliphatic hydroxyl groups excluding tert-OH is 1. The molecule has 0 spiro atoms. The van der Waals surface area contributed by atoms with Gasteiger partial charge in [-0.3, -0.25) is 0 Å². The normalized spacial score (nSPS) is 23.0. The third kappa shape index (κ3) is 6.74. The quantitative estimate of drug-likeness (QED) is 0.171. The summed E-state index contributed by atoms with van der Waals surface area (Å²) < 4.78 is 35.2. The van der Waals surface area contributed by atoms with E-state index in [4.69, 9.17) is 33.3 Å². The average molecular weight is 610 g/mol. The highest BCUT2D eigenvalue weighted by molar-refractivity contribution is 6.07. The van der Waals surface area contributed by atoms with Crippen molar-refractivity contribution < 1.29 is 38.4 Å². The zero-order chi connectivity index (χ0) is 31.2. The van der Waals surface area contributed by atoms with Gasteiger partial charge in [0.05, 0.1) is 21.3 Å². The highest BCUT2D eigenvalue weighted by Gasteiger charge is 2.37. The molecule has 2 aliphatic rings. The third-order valence-corrected chi connectivity index (χ3v) is 7.73. The molecule has 0 radical (unpaired) electrons. The van der Waals surface area contributed by atoms with Crippen LogP contribution in [-0.4, -0.2) is 57.1 Å². The molecule has 0 unspecified atom stereocenters. The number of hydrogen-bond acceptors (Lipinski definition) is 9. The second-order valence-corrected chi connectivity index (χ2v) is 10.5. The molecule has 4 aromatic rings. The fourth-order valence-electron chi connectivity index (χ4n) is 5.33. The number of ether oxygens (including phenoxy) is 6. The van der Waals surface area contributed by atoms with Crippen molar-refractivity contribution in [1.82, 2.24) is 0 Å². The van der Waals surface area contributed by atoms with Crippen LogP contribution in [0.2, 0.25) is 0 Å². The highest BCUT2D eigenvalue weighted by Crippen LogP contribution is 2.38. The Balaban J connectivity index is 1.27. The first kappa shape index (κ1) is 30.1. The van der Waals surface area contributed by atoms with Gasteiger partial charge in [0, 0.05) is 5.56 Å². The summed E-state index contributed by atoms with van der Waals surface area (Å²) in [5, 5.41) is 16.1. The van der Waals surface area contributed by atoms with E-state index >= 15 is 0 Å². The summed E-state index contributed by atoms with van der Waals surface area (Å²) >= 11 is 0. The fourth-order valence-corrected chi connectivity index (χ4v) is 5.33. The van der Waals surface area contributed by atoms with Crippen LogP contribution in [0.1, 0.15) is 28.9 Å². The molecule has 2 heterocycles. The zero-order valence-corrected chi connectivity index (χ0v) is 25.2. The first-order valence-electron chi connectivity index (χ1n) is 14.6. The van der Waals surface area contributed by atoms with E-state index in [1.165, 1.54) is 0 Å². The van der Waals surface area contributed by atoms with Gasteiger partial charge in [0.25, 0.3) is 0 Å². The van der Waals surface area contributed by atoms with Gasteiger partial charge in [-0.1, -0.05) is 53.7 Å². The van der Waals surface area contributed by atoms with Gasteiger partial charge < -0.3 is 38.4 Å². The summed E-state index contributed by atoms with van der Waals surface area (Å²) in [5.41, 5.74) is 2.62. The SMILES string of the molecule is COc1ccc(O[C@H]2C=C[C@@H](c3ccccc3)O[C@@H]2CON=C2c3cc(OC)ccc3O[C@H](c3cccc(OC)c3)[C@H]2O)cc1. The molecule has 0 aliphatic carbocycles. The van der Waals surface area contributed by atoms with Gasteiger partial charge in [-0.25, -0.2) is 0 Å². The Bertz CT molecular complexity index is 1640. The van der Waals surface area contributed by atoms with E-state index in [1.54, 1.807) is 39.5 Å². The minimum atomic E-state index is -1.15. The summed E-state index contributed by atoms with van der Waals surface area (Å²) in [4.78, 5) is 5.98. The van der Waals surface area contributed by atoms with E-state index in [0.717, 1.165) is 16.9 Å². The van der Waals surface area contributed by atoms with Crippen LogP contribution in [0, 0.1) is 0 Å². The molecule has 4 aromatic carbocycles. The topological polar surface area (TPSA) is 97.2 Å². The number of methoxy groups -OCH3 is 3. The van der Waals surface area contributed by atoms with Crippen LogP contribution in [-0.2, 0) is 9.57 Å². The molecule has 9 nitrogen and oxygen atoms in total. The number of nitrogens with zero attached hydrogens (tertiary/aromatic N) is 1. The summed E-state index contributed by atoms with van der Waals surface area (Å²) in [6, 6.07) is 30.0. The Morgan fingerprint density at radius 2 is 1.40 bits per heavy atom. The molecule has 0 fully saturated rings. The van der Waals surface area contributed by atoms with Crippen LogP contribution in [0.25, 0.3) is 0 Å². The Kier molecular flexibility index (Phi) is 9.19. The molecule has 0 aromatic heterocycles. The van der Waals surface area contributed by atoms with E-state index in [-0.39, 0.29) is 12.7 Å². The molecule has 0 saturated heterocycles. The highest BCUT2D eigenvalue weighted by atomic mass is 16.6. The third-order valence-electron chi connectivity index (χ3n) is 7.73. The van der Waals surface area contributed by atoms with Crippen LogP contribution in [0.15, 0.2) is 114 Å². The zero-order valence-electron chi connectivity index (χ0n) is 25.2. The maximum absolute atomic E-state index is 11.6. The molecule has 0 bridgehead atoms. The largest absolute Gasteiger partial charge is 0.497 e. The van der Waals surface area contributed by atoms with E-state index in [0.29, 0.717) is 34.3 Å². The van der Waals surface area contributed by atoms with E-state index in [9.17, 15) is 5.11 Å². The average Bonchev–Trinajstić information content (AvgIpc) is 3.10. The Labute approximate surface area is 262 Å². The first-order valence-corrected chi connectivity index (χ1v) is 14.6. The number of rotatable bonds is 10. The molecule has 2 aliphatic heterocycles. The monoisotopic (exact) mass is 609 g/mol. The van der Waals surface area contributed by atoms with Crippen LogP contribution < -0.4 is 23.7 Å². The number of oxime groups is 1. The predicted molar refractivity (Wildman–Crippen MR) is 168 cm³/mol. The molecule has 0 amide bonds.